The van der Waals surface area contributed by atoms with Gasteiger partial charge in [0.1, 0.15) is 16.4 Å². The van der Waals surface area contributed by atoms with Gasteiger partial charge in [-0.3, -0.25) is 19.6 Å². The van der Waals surface area contributed by atoms with Crippen LogP contribution >= 0.6 is 11.3 Å². The number of hydrogen-bond donors (Lipinski definition) is 1. The molecule has 2 amide bonds. The Hall–Kier alpha value is -2.35. The molecule has 2 aromatic rings. The van der Waals surface area contributed by atoms with Gasteiger partial charge in [-0.15, -0.1) is 11.3 Å². The van der Waals surface area contributed by atoms with Crippen LogP contribution in [0.3, 0.4) is 0 Å². The first kappa shape index (κ1) is 14.6. The van der Waals surface area contributed by atoms with Gasteiger partial charge < -0.3 is 10.6 Å². The van der Waals surface area contributed by atoms with Crippen LogP contribution in [0.15, 0.2) is 24.0 Å². The topological polar surface area (TPSA) is 102 Å². The number of rotatable bonds is 3. The summed E-state index contributed by atoms with van der Waals surface area (Å²) in [5.74, 6) is -0.533. The zero-order chi connectivity index (χ0) is 15.5. The lowest BCUT2D eigenvalue weighted by atomic mass is 9.96. The summed E-state index contributed by atoms with van der Waals surface area (Å²) in [5.41, 5.74) is 6.36. The highest BCUT2D eigenvalue weighted by atomic mass is 32.1. The Labute approximate surface area is 131 Å². The fourth-order valence-electron chi connectivity index (χ4n) is 2.43. The molecule has 7 nitrogen and oxygen atoms in total. The second-order valence-corrected chi connectivity index (χ2v) is 5.96. The van der Waals surface area contributed by atoms with Crippen LogP contribution < -0.4 is 5.73 Å². The largest absolute Gasteiger partial charge is 0.369 e. The fourth-order valence-corrected chi connectivity index (χ4v) is 3.18. The number of piperidine rings is 1. The maximum Gasteiger partial charge on any atom is 0.273 e. The van der Waals surface area contributed by atoms with Crippen molar-refractivity contribution in [1.29, 1.82) is 0 Å². The second kappa shape index (κ2) is 6.18. The molecule has 0 spiro atoms. The molecule has 3 rings (SSSR count). The summed E-state index contributed by atoms with van der Waals surface area (Å²) >= 11 is 1.37. The van der Waals surface area contributed by atoms with Crippen molar-refractivity contribution in [2.45, 2.75) is 12.8 Å². The molecule has 22 heavy (non-hydrogen) atoms. The smallest absolute Gasteiger partial charge is 0.273 e. The van der Waals surface area contributed by atoms with E-state index in [1.807, 2.05) is 0 Å². The minimum Gasteiger partial charge on any atom is -0.369 e. The molecule has 2 N–H and O–H groups in total. The minimum absolute atomic E-state index is 0.116. The Morgan fingerprint density at radius 2 is 2.05 bits per heavy atom. The predicted octanol–water partition coefficient (Wildman–Crippen LogP) is 0.938. The normalized spacial score (nSPS) is 15.7. The van der Waals surface area contributed by atoms with Crippen molar-refractivity contribution >= 4 is 23.2 Å². The standard InChI is InChI=1S/C14H15N5O2S/c15-12(20)9-1-5-19(6-2-9)14(21)11-8-22-13(18-11)10-7-16-3-4-17-10/h3-4,7-9H,1-2,5-6H2,(H2,15,20). The maximum absolute atomic E-state index is 12.4. The Balaban J connectivity index is 1.69. The highest BCUT2D eigenvalue weighted by molar-refractivity contribution is 7.13. The number of aromatic nitrogens is 3. The van der Waals surface area contributed by atoms with E-state index < -0.39 is 0 Å². The van der Waals surface area contributed by atoms with E-state index in [-0.39, 0.29) is 17.7 Å². The molecule has 1 fully saturated rings. The third-order valence-corrected chi connectivity index (χ3v) is 4.55. The zero-order valence-corrected chi connectivity index (χ0v) is 12.6. The molecule has 1 saturated heterocycles. The van der Waals surface area contributed by atoms with Crippen LogP contribution in [-0.4, -0.2) is 44.8 Å². The van der Waals surface area contributed by atoms with E-state index in [0.29, 0.717) is 42.3 Å². The number of carbonyl (C=O) groups excluding carboxylic acids is 2. The van der Waals surface area contributed by atoms with Crippen LogP contribution in [0.5, 0.6) is 0 Å². The van der Waals surface area contributed by atoms with Gasteiger partial charge in [0.25, 0.3) is 5.91 Å². The lowest BCUT2D eigenvalue weighted by molar-refractivity contribution is -0.123. The molecule has 114 valence electrons. The third-order valence-electron chi connectivity index (χ3n) is 3.69. The first-order chi connectivity index (χ1) is 10.6. The molecule has 1 aliphatic heterocycles. The average Bonchev–Trinajstić information content (AvgIpc) is 3.05. The zero-order valence-electron chi connectivity index (χ0n) is 11.8. The van der Waals surface area contributed by atoms with Gasteiger partial charge in [-0.2, -0.15) is 0 Å². The van der Waals surface area contributed by atoms with Crippen LogP contribution in [0.4, 0.5) is 0 Å². The molecule has 0 radical (unpaired) electrons. The summed E-state index contributed by atoms with van der Waals surface area (Å²) < 4.78 is 0. The van der Waals surface area contributed by atoms with E-state index >= 15 is 0 Å². The Kier molecular flexibility index (Phi) is 4.10. The molecule has 0 aliphatic carbocycles. The summed E-state index contributed by atoms with van der Waals surface area (Å²) in [5, 5.41) is 2.40. The lowest BCUT2D eigenvalue weighted by Crippen LogP contribution is -2.41. The van der Waals surface area contributed by atoms with Gasteiger partial charge in [-0.1, -0.05) is 0 Å². The SMILES string of the molecule is NC(=O)C1CCN(C(=O)c2csc(-c3cnccn3)n2)CC1. The van der Waals surface area contributed by atoms with Gasteiger partial charge in [0.2, 0.25) is 5.91 Å². The Morgan fingerprint density at radius 1 is 1.27 bits per heavy atom. The quantitative estimate of drug-likeness (QED) is 0.907. The van der Waals surface area contributed by atoms with E-state index in [9.17, 15) is 9.59 Å². The van der Waals surface area contributed by atoms with Gasteiger partial charge in [0, 0.05) is 36.8 Å². The highest BCUT2D eigenvalue weighted by Crippen LogP contribution is 2.23. The molecular formula is C14H15N5O2S. The molecule has 0 atom stereocenters. The summed E-state index contributed by atoms with van der Waals surface area (Å²) in [4.78, 5) is 37.8. The number of nitrogens with two attached hydrogens (primary N) is 1. The predicted molar refractivity (Wildman–Crippen MR) is 81.0 cm³/mol. The summed E-state index contributed by atoms with van der Waals surface area (Å²) in [6, 6.07) is 0. The van der Waals surface area contributed by atoms with Gasteiger partial charge in [0.15, 0.2) is 0 Å². The van der Waals surface area contributed by atoms with Gasteiger partial charge in [-0.05, 0) is 12.8 Å². The van der Waals surface area contributed by atoms with E-state index in [0.717, 1.165) is 0 Å². The van der Waals surface area contributed by atoms with Crippen LogP contribution in [0.2, 0.25) is 0 Å². The number of carbonyl (C=O) groups is 2. The minimum atomic E-state index is -0.286. The Bertz CT molecular complexity index is 680. The van der Waals surface area contributed by atoms with Gasteiger partial charge in [-0.25, -0.2) is 4.98 Å². The van der Waals surface area contributed by atoms with Crippen LogP contribution in [-0.2, 0) is 4.79 Å². The van der Waals surface area contributed by atoms with Crippen molar-refractivity contribution in [2.75, 3.05) is 13.1 Å². The lowest BCUT2D eigenvalue weighted by Gasteiger charge is -2.30. The molecule has 0 saturated carbocycles. The van der Waals surface area contributed by atoms with Crippen molar-refractivity contribution in [1.82, 2.24) is 19.9 Å². The van der Waals surface area contributed by atoms with E-state index in [1.165, 1.54) is 11.3 Å². The third kappa shape index (κ3) is 2.96. The fraction of sp³-hybridized carbons (Fsp3) is 0.357. The monoisotopic (exact) mass is 317 g/mol. The number of likely N-dealkylation sites (tertiary alicyclic amines) is 1. The summed E-state index contributed by atoms with van der Waals surface area (Å²) in [6.07, 6.45) is 6.02. The van der Waals surface area contributed by atoms with E-state index in [4.69, 9.17) is 5.73 Å². The number of nitrogens with zero attached hydrogens (tertiary/aromatic N) is 4. The van der Waals surface area contributed by atoms with Crippen molar-refractivity contribution in [3.8, 4) is 10.7 Å². The van der Waals surface area contributed by atoms with Crippen LogP contribution in [0.25, 0.3) is 10.7 Å². The average molecular weight is 317 g/mol. The van der Waals surface area contributed by atoms with Crippen molar-refractivity contribution in [3.05, 3.63) is 29.7 Å². The molecule has 3 heterocycles. The van der Waals surface area contributed by atoms with Crippen LogP contribution in [0, 0.1) is 5.92 Å². The highest BCUT2D eigenvalue weighted by Gasteiger charge is 2.27. The number of amides is 2. The van der Waals surface area contributed by atoms with Gasteiger partial charge >= 0.3 is 0 Å². The van der Waals surface area contributed by atoms with Crippen molar-refractivity contribution in [2.24, 2.45) is 11.7 Å². The summed E-state index contributed by atoms with van der Waals surface area (Å²) in [6.45, 7) is 1.06. The van der Waals surface area contributed by atoms with Crippen molar-refractivity contribution < 1.29 is 9.59 Å². The molecule has 0 bridgehead atoms. The first-order valence-corrected chi connectivity index (χ1v) is 7.83. The number of primary amides is 1. The number of thiazole rings is 1. The molecule has 0 aromatic carbocycles. The molecular weight excluding hydrogens is 302 g/mol. The Morgan fingerprint density at radius 3 is 2.68 bits per heavy atom. The number of hydrogen-bond acceptors (Lipinski definition) is 6. The molecule has 0 unspecified atom stereocenters. The van der Waals surface area contributed by atoms with Crippen LogP contribution in [0.1, 0.15) is 23.3 Å². The first-order valence-electron chi connectivity index (χ1n) is 6.95. The molecule has 2 aromatic heterocycles. The van der Waals surface area contributed by atoms with E-state index in [1.54, 1.807) is 28.9 Å². The maximum atomic E-state index is 12.4. The van der Waals surface area contributed by atoms with Crippen molar-refractivity contribution in [3.63, 3.8) is 0 Å². The van der Waals surface area contributed by atoms with Gasteiger partial charge in [0.05, 0.1) is 6.20 Å². The molecule has 1 aliphatic rings. The molecule has 8 heteroatoms. The summed E-state index contributed by atoms with van der Waals surface area (Å²) in [7, 11) is 0. The second-order valence-electron chi connectivity index (χ2n) is 5.10. The van der Waals surface area contributed by atoms with E-state index in [2.05, 4.69) is 15.0 Å².